The molecule has 0 atom stereocenters. The molecule has 0 saturated carbocycles. The summed E-state index contributed by atoms with van der Waals surface area (Å²) in [6, 6.07) is -0.691. The highest BCUT2D eigenvalue weighted by atomic mass is 16.4. The van der Waals surface area contributed by atoms with Gasteiger partial charge in [-0.1, -0.05) is 5.21 Å². The minimum absolute atomic E-state index is 0.0954. The van der Waals surface area contributed by atoms with Crippen molar-refractivity contribution < 1.29 is 14.7 Å². The van der Waals surface area contributed by atoms with Gasteiger partial charge in [-0.05, 0) is 13.8 Å². The molecule has 9 heteroatoms. The Bertz CT molecular complexity index is 377. The molecule has 94 valence electrons. The number of aromatic nitrogens is 4. The van der Waals surface area contributed by atoms with Gasteiger partial charge in [0.05, 0.1) is 6.54 Å². The summed E-state index contributed by atoms with van der Waals surface area (Å²) in [6.45, 7) is 3.21. The summed E-state index contributed by atoms with van der Waals surface area (Å²) in [5.74, 6) is -0.731. The van der Waals surface area contributed by atoms with Crippen molar-refractivity contribution in [2.75, 3.05) is 6.54 Å². The van der Waals surface area contributed by atoms with E-state index in [-0.39, 0.29) is 19.1 Å². The first-order chi connectivity index (χ1) is 8.00. The molecule has 9 nitrogen and oxygen atoms in total. The van der Waals surface area contributed by atoms with Crippen molar-refractivity contribution in [3.63, 3.8) is 0 Å². The van der Waals surface area contributed by atoms with Crippen molar-refractivity contribution in [1.29, 1.82) is 0 Å². The molecule has 0 spiro atoms. The number of hydrogen-bond donors (Lipinski definition) is 3. The normalized spacial score (nSPS) is 10.3. The summed E-state index contributed by atoms with van der Waals surface area (Å²) in [5.41, 5.74) is 0. The van der Waals surface area contributed by atoms with Crippen molar-refractivity contribution in [3.05, 3.63) is 5.82 Å². The van der Waals surface area contributed by atoms with E-state index < -0.39 is 12.0 Å². The number of tetrazole rings is 1. The topological polar surface area (TPSA) is 124 Å². The van der Waals surface area contributed by atoms with E-state index in [1.54, 1.807) is 13.8 Å². The number of carbonyl (C=O) groups is 2. The summed E-state index contributed by atoms with van der Waals surface area (Å²) < 4.78 is 0. The molecule has 0 radical (unpaired) electrons. The number of H-pyrrole nitrogens is 1. The third-order valence-corrected chi connectivity index (χ3v) is 1.98. The molecule has 0 aromatic carbocycles. The van der Waals surface area contributed by atoms with Gasteiger partial charge in [0.25, 0.3) is 0 Å². The molecule has 1 aromatic rings. The highest BCUT2D eigenvalue weighted by Crippen LogP contribution is 1.99. The fourth-order valence-corrected chi connectivity index (χ4v) is 1.15. The zero-order chi connectivity index (χ0) is 12.8. The van der Waals surface area contributed by atoms with Gasteiger partial charge in [-0.3, -0.25) is 4.79 Å². The first-order valence-electron chi connectivity index (χ1n) is 4.99. The van der Waals surface area contributed by atoms with Crippen LogP contribution in [0.4, 0.5) is 4.79 Å². The fraction of sp³-hybridized carbons (Fsp3) is 0.625. The second kappa shape index (κ2) is 5.77. The van der Waals surface area contributed by atoms with Crippen LogP contribution in [0.15, 0.2) is 0 Å². The number of carboxylic acids is 1. The van der Waals surface area contributed by atoms with E-state index in [1.807, 2.05) is 0 Å². The van der Waals surface area contributed by atoms with Gasteiger partial charge in [0.2, 0.25) is 0 Å². The number of amides is 2. The van der Waals surface area contributed by atoms with E-state index >= 15 is 0 Å². The maximum Gasteiger partial charge on any atom is 0.323 e. The van der Waals surface area contributed by atoms with E-state index in [1.165, 1.54) is 4.90 Å². The number of urea groups is 1. The van der Waals surface area contributed by atoms with Crippen LogP contribution in [0.5, 0.6) is 0 Å². The number of rotatable bonds is 5. The minimum atomic E-state index is -1.06. The predicted molar refractivity (Wildman–Crippen MR) is 55.9 cm³/mol. The second-order valence-electron chi connectivity index (χ2n) is 3.60. The second-order valence-corrected chi connectivity index (χ2v) is 3.60. The molecule has 17 heavy (non-hydrogen) atoms. The molecule has 0 bridgehead atoms. The van der Waals surface area contributed by atoms with E-state index in [9.17, 15) is 9.59 Å². The van der Waals surface area contributed by atoms with E-state index in [0.29, 0.717) is 5.82 Å². The molecule has 0 aliphatic carbocycles. The molecule has 0 saturated heterocycles. The average Bonchev–Trinajstić information content (AvgIpc) is 2.74. The maximum absolute atomic E-state index is 11.7. The maximum atomic E-state index is 11.7. The lowest BCUT2D eigenvalue weighted by Gasteiger charge is -2.24. The lowest BCUT2D eigenvalue weighted by atomic mass is 10.3. The van der Waals surface area contributed by atoms with Gasteiger partial charge in [-0.15, -0.1) is 10.2 Å². The van der Waals surface area contributed by atoms with E-state index in [0.717, 1.165) is 0 Å². The smallest absolute Gasteiger partial charge is 0.323 e. The Morgan fingerprint density at radius 3 is 2.71 bits per heavy atom. The molecular weight excluding hydrogens is 228 g/mol. The van der Waals surface area contributed by atoms with Gasteiger partial charge in [-0.25, -0.2) is 4.79 Å². The zero-order valence-electron chi connectivity index (χ0n) is 9.54. The molecule has 3 N–H and O–H groups in total. The Morgan fingerprint density at radius 1 is 1.53 bits per heavy atom. The summed E-state index contributed by atoms with van der Waals surface area (Å²) in [7, 11) is 0. The number of hydrogen-bond acceptors (Lipinski definition) is 5. The summed E-state index contributed by atoms with van der Waals surface area (Å²) in [5, 5.41) is 24.1. The Kier molecular flexibility index (Phi) is 4.37. The van der Waals surface area contributed by atoms with Crippen molar-refractivity contribution >= 4 is 12.0 Å². The van der Waals surface area contributed by atoms with E-state index in [4.69, 9.17) is 5.11 Å². The SMILES string of the molecule is CC(C)N(CC(=O)O)C(=O)NCc1nn[nH]n1. The molecule has 0 aliphatic rings. The van der Waals surface area contributed by atoms with Gasteiger partial charge >= 0.3 is 12.0 Å². The monoisotopic (exact) mass is 242 g/mol. The summed E-state index contributed by atoms with van der Waals surface area (Å²) in [4.78, 5) is 23.5. The Hall–Kier alpha value is -2.19. The van der Waals surface area contributed by atoms with Crippen LogP contribution in [0.2, 0.25) is 0 Å². The Balaban J connectivity index is 2.50. The lowest BCUT2D eigenvalue weighted by molar-refractivity contribution is -0.138. The van der Waals surface area contributed by atoms with Gasteiger partial charge in [-0.2, -0.15) is 5.21 Å². The molecule has 0 fully saturated rings. The van der Waals surface area contributed by atoms with Gasteiger partial charge < -0.3 is 15.3 Å². The quantitative estimate of drug-likeness (QED) is 0.621. The summed E-state index contributed by atoms with van der Waals surface area (Å²) >= 11 is 0. The number of aromatic amines is 1. The minimum Gasteiger partial charge on any atom is -0.480 e. The molecule has 1 rings (SSSR count). The predicted octanol–water partition coefficient (Wildman–Crippen LogP) is -0.796. The van der Waals surface area contributed by atoms with Crippen LogP contribution < -0.4 is 5.32 Å². The lowest BCUT2D eigenvalue weighted by Crippen LogP contribution is -2.46. The van der Waals surface area contributed by atoms with Crippen LogP contribution in [0.3, 0.4) is 0 Å². The fourth-order valence-electron chi connectivity index (χ4n) is 1.15. The third kappa shape index (κ3) is 4.05. The number of carboxylic acid groups (broad SMARTS) is 1. The molecule has 2 amide bonds. The first kappa shape index (κ1) is 12.9. The van der Waals surface area contributed by atoms with Gasteiger partial charge in [0.1, 0.15) is 6.54 Å². The first-order valence-corrected chi connectivity index (χ1v) is 4.99. The highest BCUT2D eigenvalue weighted by Gasteiger charge is 2.19. The Morgan fingerprint density at radius 2 is 2.24 bits per heavy atom. The van der Waals surface area contributed by atoms with Crippen LogP contribution in [-0.2, 0) is 11.3 Å². The van der Waals surface area contributed by atoms with Gasteiger partial charge in [0.15, 0.2) is 5.82 Å². The van der Waals surface area contributed by atoms with Crippen molar-refractivity contribution in [2.24, 2.45) is 0 Å². The van der Waals surface area contributed by atoms with Crippen LogP contribution in [0, 0.1) is 0 Å². The standard InChI is InChI=1S/C8H14N6O3/c1-5(2)14(4-7(15)16)8(17)9-3-6-10-12-13-11-6/h5H,3-4H2,1-2H3,(H,9,17)(H,15,16)(H,10,11,12,13). The number of nitrogens with one attached hydrogen (secondary N) is 2. The molecular formula is C8H14N6O3. The van der Waals surface area contributed by atoms with Crippen molar-refractivity contribution in [3.8, 4) is 0 Å². The van der Waals surface area contributed by atoms with Crippen LogP contribution in [0.25, 0.3) is 0 Å². The van der Waals surface area contributed by atoms with Crippen molar-refractivity contribution in [1.82, 2.24) is 30.8 Å². The zero-order valence-corrected chi connectivity index (χ0v) is 9.54. The number of aliphatic carboxylic acids is 1. The molecule has 1 aromatic heterocycles. The number of carbonyl (C=O) groups excluding carboxylic acids is 1. The van der Waals surface area contributed by atoms with Crippen molar-refractivity contribution in [2.45, 2.75) is 26.4 Å². The molecule has 0 aliphatic heterocycles. The van der Waals surface area contributed by atoms with E-state index in [2.05, 4.69) is 25.9 Å². The Labute approximate surface area is 97.2 Å². The van der Waals surface area contributed by atoms with Crippen LogP contribution >= 0.6 is 0 Å². The van der Waals surface area contributed by atoms with Crippen LogP contribution in [0.1, 0.15) is 19.7 Å². The highest BCUT2D eigenvalue weighted by molar-refractivity contribution is 5.80. The van der Waals surface area contributed by atoms with Gasteiger partial charge in [0, 0.05) is 6.04 Å². The molecule has 1 heterocycles. The summed E-state index contributed by atoms with van der Waals surface area (Å²) in [6.07, 6.45) is 0. The number of nitrogens with zero attached hydrogens (tertiary/aromatic N) is 4. The third-order valence-electron chi connectivity index (χ3n) is 1.98. The largest absolute Gasteiger partial charge is 0.480 e. The average molecular weight is 242 g/mol. The van der Waals surface area contributed by atoms with Crippen LogP contribution in [-0.4, -0.2) is 55.2 Å². The molecule has 0 unspecified atom stereocenters.